The molecule has 0 saturated carbocycles. The van der Waals surface area contributed by atoms with E-state index in [1.807, 2.05) is 24.3 Å². The van der Waals surface area contributed by atoms with Gasteiger partial charge < -0.3 is 5.73 Å². The molecule has 0 aliphatic carbocycles. The number of nitrogens with zero attached hydrogens (tertiary/aromatic N) is 2. The van der Waals surface area contributed by atoms with Crippen LogP contribution >= 0.6 is 11.8 Å². The maximum atomic E-state index is 5.66. The van der Waals surface area contributed by atoms with Gasteiger partial charge in [-0.3, -0.25) is 4.98 Å². The number of nitrogen functional groups attached to an aromatic ring is 1. The third-order valence-electron chi connectivity index (χ3n) is 1.62. The van der Waals surface area contributed by atoms with Crippen molar-refractivity contribution in [3.63, 3.8) is 0 Å². The molecule has 0 aliphatic heterocycles. The van der Waals surface area contributed by atoms with Crippen molar-refractivity contribution in [1.82, 2.24) is 9.97 Å². The van der Waals surface area contributed by atoms with Crippen LogP contribution in [0.15, 0.2) is 52.8 Å². The van der Waals surface area contributed by atoms with E-state index in [0.717, 1.165) is 15.6 Å². The van der Waals surface area contributed by atoms with Gasteiger partial charge in [0.25, 0.3) is 0 Å². The lowest BCUT2D eigenvalue weighted by Crippen LogP contribution is -1.84. The molecule has 4 heteroatoms. The van der Waals surface area contributed by atoms with Gasteiger partial charge in [-0.05, 0) is 18.2 Å². The summed E-state index contributed by atoms with van der Waals surface area (Å²) in [7, 11) is 0. The Bertz CT molecular complexity index is 417. The molecule has 3 nitrogen and oxygen atoms in total. The Morgan fingerprint density at radius 2 is 2.14 bits per heavy atom. The largest absolute Gasteiger partial charge is 0.399 e. The molecule has 1 aromatic carbocycles. The fraction of sp³-hybridized carbons (Fsp3) is 0. The molecule has 0 radical (unpaired) electrons. The second-order valence-electron chi connectivity index (χ2n) is 2.72. The summed E-state index contributed by atoms with van der Waals surface area (Å²) in [6.45, 7) is 0. The van der Waals surface area contributed by atoms with Gasteiger partial charge in [-0.2, -0.15) is 0 Å². The maximum Gasteiger partial charge on any atom is 0.119 e. The molecule has 1 heterocycles. The highest BCUT2D eigenvalue weighted by atomic mass is 32.2. The number of rotatable bonds is 2. The van der Waals surface area contributed by atoms with Gasteiger partial charge >= 0.3 is 0 Å². The topological polar surface area (TPSA) is 51.8 Å². The maximum absolute atomic E-state index is 5.66. The Hall–Kier alpha value is -1.55. The molecule has 2 N–H and O–H groups in total. The van der Waals surface area contributed by atoms with E-state index >= 15 is 0 Å². The van der Waals surface area contributed by atoms with Crippen LogP contribution in [0.1, 0.15) is 0 Å². The van der Waals surface area contributed by atoms with E-state index in [2.05, 4.69) is 9.97 Å². The average Bonchev–Trinajstić information content (AvgIpc) is 2.19. The quantitative estimate of drug-likeness (QED) is 0.760. The third kappa shape index (κ3) is 2.23. The molecule has 0 fully saturated rings. The number of aromatic nitrogens is 2. The first-order valence-corrected chi connectivity index (χ1v) is 4.95. The first kappa shape index (κ1) is 9.02. The van der Waals surface area contributed by atoms with Crippen molar-refractivity contribution in [2.75, 3.05) is 5.73 Å². The van der Waals surface area contributed by atoms with Gasteiger partial charge in [0.05, 0.1) is 6.20 Å². The van der Waals surface area contributed by atoms with Crippen molar-refractivity contribution in [3.8, 4) is 0 Å². The summed E-state index contributed by atoms with van der Waals surface area (Å²) >= 11 is 1.55. The molecule has 1 aromatic heterocycles. The van der Waals surface area contributed by atoms with Crippen LogP contribution in [0.2, 0.25) is 0 Å². The van der Waals surface area contributed by atoms with E-state index in [-0.39, 0.29) is 0 Å². The van der Waals surface area contributed by atoms with Crippen LogP contribution in [0, 0.1) is 0 Å². The number of benzene rings is 1. The lowest BCUT2D eigenvalue weighted by molar-refractivity contribution is 1.05. The molecule has 2 rings (SSSR count). The highest BCUT2D eigenvalue weighted by Gasteiger charge is 1.97. The van der Waals surface area contributed by atoms with E-state index in [9.17, 15) is 0 Å². The highest BCUT2D eigenvalue weighted by Crippen LogP contribution is 2.25. The molecule has 0 unspecified atom stereocenters. The lowest BCUT2D eigenvalue weighted by atomic mass is 10.3. The summed E-state index contributed by atoms with van der Waals surface area (Å²) in [5.41, 5.74) is 6.43. The second-order valence-corrected chi connectivity index (χ2v) is 3.81. The predicted octanol–water partition coefficient (Wildman–Crippen LogP) is 2.21. The standard InChI is InChI=1S/C10H9N3S/c11-8-2-1-3-9(6-8)14-10-7-12-4-5-13-10/h1-7H,11H2. The molecule has 0 saturated heterocycles. The van der Waals surface area contributed by atoms with E-state index in [1.54, 1.807) is 30.4 Å². The first-order valence-electron chi connectivity index (χ1n) is 4.14. The van der Waals surface area contributed by atoms with E-state index < -0.39 is 0 Å². The average molecular weight is 203 g/mol. The van der Waals surface area contributed by atoms with Crippen molar-refractivity contribution in [2.45, 2.75) is 9.92 Å². The fourth-order valence-electron chi connectivity index (χ4n) is 1.04. The molecule has 0 atom stereocenters. The number of nitrogens with two attached hydrogens (primary N) is 1. The van der Waals surface area contributed by atoms with Crippen LogP contribution in [0.25, 0.3) is 0 Å². The van der Waals surface area contributed by atoms with Gasteiger partial charge in [-0.1, -0.05) is 17.8 Å². The summed E-state index contributed by atoms with van der Waals surface area (Å²) in [6, 6.07) is 7.70. The van der Waals surface area contributed by atoms with Crippen molar-refractivity contribution >= 4 is 17.4 Å². The predicted molar refractivity (Wildman–Crippen MR) is 57.0 cm³/mol. The first-order chi connectivity index (χ1) is 6.84. The van der Waals surface area contributed by atoms with Crippen molar-refractivity contribution < 1.29 is 0 Å². The monoisotopic (exact) mass is 203 g/mol. The van der Waals surface area contributed by atoms with Crippen LogP contribution in [-0.2, 0) is 0 Å². The van der Waals surface area contributed by atoms with Gasteiger partial charge in [0, 0.05) is 23.0 Å². The molecule has 0 spiro atoms. The third-order valence-corrected chi connectivity index (χ3v) is 2.53. The summed E-state index contributed by atoms with van der Waals surface area (Å²) in [4.78, 5) is 9.23. The van der Waals surface area contributed by atoms with Gasteiger partial charge in [0.2, 0.25) is 0 Å². The summed E-state index contributed by atoms with van der Waals surface area (Å²) in [5.74, 6) is 0. The van der Waals surface area contributed by atoms with Crippen LogP contribution in [-0.4, -0.2) is 9.97 Å². The Kier molecular flexibility index (Phi) is 2.65. The summed E-state index contributed by atoms with van der Waals surface area (Å²) < 4.78 is 0. The molecular weight excluding hydrogens is 194 g/mol. The minimum absolute atomic E-state index is 0.763. The van der Waals surface area contributed by atoms with Crippen molar-refractivity contribution in [2.24, 2.45) is 0 Å². The van der Waals surface area contributed by atoms with Gasteiger partial charge in [-0.25, -0.2) is 4.98 Å². The zero-order valence-electron chi connectivity index (χ0n) is 7.42. The van der Waals surface area contributed by atoms with Crippen LogP contribution in [0.4, 0.5) is 5.69 Å². The zero-order valence-corrected chi connectivity index (χ0v) is 8.24. The Morgan fingerprint density at radius 1 is 1.21 bits per heavy atom. The molecular formula is C10H9N3S. The molecule has 0 aliphatic rings. The second kappa shape index (κ2) is 4.11. The summed E-state index contributed by atoms with van der Waals surface area (Å²) in [6.07, 6.45) is 5.06. The SMILES string of the molecule is Nc1cccc(Sc2cnccn2)c1. The minimum atomic E-state index is 0.763. The zero-order chi connectivity index (χ0) is 9.80. The minimum Gasteiger partial charge on any atom is -0.399 e. The molecule has 0 amide bonds. The van der Waals surface area contributed by atoms with Gasteiger partial charge in [-0.15, -0.1) is 0 Å². The van der Waals surface area contributed by atoms with Gasteiger partial charge in [0.1, 0.15) is 5.03 Å². The summed E-state index contributed by atoms with van der Waals surface area (Å²) in [5, 5.41) is 0.873. The fourth-order valence-corrected chi connectivity index (χ4v) is 1.85. The van der Waals surface area contributed by atoms with Crippen molar-refractivity contribution in [3.05, 3.63) is 42.9 Å². The van der Waals surface area contributed by atoms with Crippen LogP contribution in [0.5, 0.6) is 0 Å². The molecule has 0 bridgehead atoms. The lowest BCUT2D eigenvalue weighted by Gasteiger charge is -2.00. The number of hydrogen-bond acceptors (Lipinski definition) is 4. The smallest absolute Gasteiger partial charge is 0.119 e. The van der Waals surface area contributed by atoms with Crippen molar-refractivity contribution in [1.29, 1.82) is 0 Å². The Balaban J connectivity index is 2.19. The Morgan fingerprint density at radius 3 is 2.86 bits per heavy atom. The van der Waals surface area contributed by atoms with E-state index in [0.29, 0.717) is 0 Å². The normalized spacial score (nSPS) is 10.0. The number of anilines is 1. The molecule has 14 heavy (non-hydrogen) atoms. The molecule has 70 valence electrons. The van der Waals surface area contributed by atoms with E-state index in [4.69, 9.17) is 5.73 Å². The Labute approximate surface area is 86.4 Å². The highest BCUT2D eigenvalue weighted by molar-refractivity contribution is 7.99. The van der Waals surface area contributed by atoms with Gasteiger partial charge in [0.15, 0.2) is 0 Å². The van der Waals surface area contributed by atoms with Crippen LogP contribution < -0.4 is 5.73 Å². The molecule has 2 aromatic rings. The number of hydrogen-bond donors (Lipinski definition) is 1. The van der Waals surface area contributed by atoms with E-state index in [1.165, 1.54) is 0 Å². The van der Waals surface area contributed by atoms with Crippen LogP contribution in [0.3, 0.4) is 0 Å².